The van der Waals surface area contributed by atoms with Gasteiger partial charge in [0.25, 0.3) is 11.8 Å². The number of rotatable bonds is 3. The van der Waals surface area contributed by atoms with E-state index in [0.29, 0.717) is 12.3 Å². The summed E-state index contributed by atoms with van der Waals surface area (Å²) in [5.41, 5.74) is 0.212. The highest BCUT2D eigenvalue weighted by Crippen LogP contribution is 2.29. The van der Waals surface area contributed by atoms with Crippen molar-refractivity contribution in [3.05, 3.63) is 36.1 Å². The predicted octanol–water partition coefficient (Wildman–Crippen LogP) is -1.61. The molecule has 2 fully saturated rings. The molecular weight excluding hydrogens is 354 g/mol. The van der Waals surface area contributed by atoms with Gasteiger partial charge in [-0.3, -0.25) is 29.1 Å². The molecule has 3 aliphatic heterocycles. The number of carbonyl (C=O) groups excluding carboxylic acids is 4. The largest absolute Gasteiger partial charge is 0.354 e. The normalized spacial score (nSPS) is 27.2. The van der Waals surface area contributed by atoms with E-state index in [-0.39, 0.29) is 24.7 Å². The number of amides is 2. The smallest absolute Gasteiger partial charge is 0.257 e. The van der Waals surface area contributed by atoms with Crippen LogP contribution in [-0.4, -0.2) is 74.6 Å². The van der Waals surface area contributed by atoms with Crippen molar-refractivity contribution in [3.8, 4) is 0 Å². The van der Waals surface area contributed by atoms with Crippen LogP contribution >= 0.6 is 0 Å². The zero-order valence-electron chi connectivity index (χ0n) is 14.5. The van der Waals surface area contributed by atoms with E-state index in [4.69, 9.17) is 4.74 Å². The number of piperazine rings is 1. The maximum Gasteiger partial charge on any atom is 0.257 e. The molecule has 140 valence electrons. The first kappa shape index (κ1) is 17.3. The van der Waals surface area contributed by atoms with Gasteiger partial charge in [0.2, 0.25) is 11.6 Å². The standard InChI is InChI=1S/C17H17N5O5/c1-9-8-27-12-7-21-6-11(14(23)15(24)13(21)17(26)22(9)12)16(25)20-5-10-4-18-2-3-19-10/h2-4,6,9,12-13H,5,7-8H2,1H3,(H,20,25)/t9-,12+,13?/m0/s1. The first-order valence-electron chi connectivity index (χ1n) is 8.50. The minimum absolute atomic E-state index is 0.0604. The van der Waals surface area contributed by atoms with Crippen LogP contribution in [0.2, 0.25) is 0 Å². The summed E-state index contributed by atoms with van der Waals surface area (Å²) >= 11 is 0. The molecule has 0 saturated carbocycles. The maximum atomic E-state index is 12.7. The Balaban J connectivity index is 1.55. The SMILES string of the molecule is C[C@H]1CO[C@@H]2CN3C=C(C(=O)NCc4cnccn4)C(=O)C(=O)C3C(=O)N12. The number of carbonyl (C=O) groups is 4. The number of hydrogen-bond donors (Lipinski definition) is 1. The number of nitrogens with one attached hydrogen (secondary N) is 1. The van der Waals surface area contributed by atoms with Crippen molar-refractivity contribution in [3.63, 3.8) is 0 Å². The Morgan fingerprint density at radius 1 is 1.33 bits per heavy atom. The molecule has 0 spiro atoms. The summed E-state index contributed by atoms with van der Waals surface area (Å²) in [6, 6.07) is -1.39. The molecule has 2 amide bonds. The van der Waals surface area contributed by atoms with Crippen LogP contribution in [-0.2, 0) is 30.5 Å². The second kappa shape index (κ2) is 6.54. The first-order valence-corrected chi connectivity index (χ1v) is 8.50. The molecule has 0 aliphatic carbocycles. The van der Waals surface area contributed by atoms with Gasteiger partial charge in [-0.05, 0) is 6.92 Å². The lowest BCUT2D eigenvalue weighted by molar-refractivity contribution is -0.159. The Labute approximate surface area is 154 Å². The monoisotopic (exact) mass is 371 g/mol. The Morgan fingerprint density at radius 3 is 2.89 bits per heavy atom. The van der Waals surface area contributed by atoms with Gasteiger partial charge in [0.1, 0.15) is 11.8 Å². The topological polar surface area (TPSA) is 122 Å². The van der Waals surface area contributed by atoms with Crippen LogP contribution in [0.25, 0.3) is 0 Å². The molecule has 1 unspecified atom stereocenters. The highest BCUT2D eigenvalue weighted by atomic mass is 16.5. The molecule has 27 heavy (non-hydrogen) atoms. The molecule has 0 radical (unpaired) electrons. The van der Waals surface area contributed by atoms with Crippen molar-refractivity contribution in [2.45, 2.75) is 31.8 Å². The second-order valence-corrected chi connectivity index (χ2v) is 6.60. The van der Waals surface area contributed by atoms with E-state index in [1.165, 1.54) is 34.6 Å². The van der Waals surface area contributed by atoms with Crippen LogP contribution < -0.4 is 5.32 Å². The third-order valence-corrected chi connectivity index (χ3v) is 4.81. The summed E-state index contributed by atoms with van der Waals surface area (Å²) in [6.45, 7) is 2.48. The Kier molecular flexibility index (Phi) is 4.19. The van der Waals surface area contributed by atoms with Crippen molar-refractivity contribution < 1.29 is 23.9 Å². The third-order valence-electron chi connectivity index (χ3n) is 4.81. The van der Waals surface area contributed by atoms with Gasteiger partial charge in [-0.25, -0.2) is 0 Å². The van der Waals surface area contributed by atoms with Crippen LogP contribution in [0, 0.1) is 0 Å². The van der Waals surface area contributed by atoms with E-state index in [1.54, 1.807) is 0 Å². The van der Waals surface area contributed by atoms with E-state index in [2.05, 4.69) is 15.3 Å². The predicted molar refractivity (Wildman–Crippen MR) is 88.5 cm³/mol. The molecule has 1 N–H and O–H groups in total. The van der Waals surface area contributed by atoms with E-state index in [0.717, 1.165) is 0 Å². The van der Waals surface area contributed by atoms with Crippen molar-refractivity contribution in [1.82, 2.24) is 25.1 Å². The lowest BCUT2D eigenvalue weighted by Crippen LogP contribution is -2.65. The molecule has 10 nitrogen and oxygen atoms in total. The molecule has 4 heterocycles. The minimum atomic E-state index is -1.23. The van der Waals surface area contributed by atoms with Crippen LogP contribution in [0.15, 0.2) is 30.4 Å². The molecule has 1 aromatic rings. The van der Waals surface area contributed by atoms with Crippen molar-refractivity contribution in [2.24, 2.45) is 0 Å². The van der Waals surface area contributed by atoms with E-state index >= 15 is 0 Å². The Hall–Kier alpha value is -3.14. The van der Waals surface area contributed by atoms with Crippen LogP contribution in [0.4, 0.5) is 0 Å². The zero-order chi connectivity index (χ0) is 19.1. The van der Waals surface area contributed by atoms with Crippen molar-refractivity contribution in [1.29, 1.82) is 0 Å². The van der Waals surface area contributed by atoms with Crippen LogP contribution in [0.1, 0.15) is 12.6 Å². The lowest BCUT2D eigenvalue weighted by Gasteiger charge is -2.43. The minimum Gasteiger partial charge on any atom is -0.354 e. The second-order valence-electron chi connectivity index (χ2n) is 6.60. The fourth-order valence-corrected chi connectivity index (χ4v) is 3.48. The summed E-state index contributed by atoms with van der Waals surface area (Å²) in [5.74, 6) is -3.03. The molecular formula is C17H17N5O5. The summed E-state index contributed by atoms with van der Waals surface area (Å²) < 4.78 is 5.57. The van der Waals surface area contributed by atoms with Crippen LogP contribution in [0.5, 0.6) is 0 Å². The van der Waals surface area contributed by atoms with E-state index in [9.17, 15) is 19.2 Å². The number of ether oxygens (including phenoxy) is 1. The molecule has 0 aromatic carbocycles. The summed E-state index contributed by atoms with van der Waals surface area (Å²) in [5, 5.41) is 2.54. The van der Waals surface area contributed by atoms with Crippen molar-refractivity contribution in [2.75, 3.05) is 13.2 Å². The van der Waals surface area contributed by atoms with Gasteiger partial charge >= 0.3 is 0 Å². The van der Waals surface area contributed by atoms with Gasteiger partial charge in [0, 0.05) is 18.6 Å². The van der Waals surface area contributed by atoms with Gasteiger partial charge in [0.15, 0.2) is 6.04 Å². The number of aromatic nitrogens is 2. The summed E-state index contributed by atoms with van der Waals surface area (Å²) in [6.07, 6.45) is 5.25. The van der Waals surface area contributed by atoms with Gasteiger partial charge in [0.05, 0.1) is 37.6 Å². The van der Waals surface area contributed by atoms with Crippen LogP contribution in [0.3, 0.4) is 0 Å². The third kappa shape index (κ3) is 2.87. The fraction of sp³-hybridized carbons (Fsp3) is 0.412. The van der Waals surface area contributed by atoms with Gasteiger partial charge in [-0.2, -0.15) is 0 Å². The number of hydrogen-bond acceptors (Lipinski definition) is 8. The Bertz CT molecular complexity index is 855. The molecule has 0 bridgehead atoms. The van der Waals surface area contributed by atoms with Gasteiger partial charge in [-0.15, -0.1) is 0 Å². The zero-order valence-corrected chi connectivity index (χ0v) is 14.5. The molecule has 10 heteroatoms. The first-order chi connectivity index (χ1) is 13.0. The molecule has 3 atom stereocenters. The highest BCUT2D eigenvalue weighted by molar-refractivity contribution is 6.53. The van der Waals surface area contributed by atoms with E-state index in [1.807, 2.05) is 6.92 Å². The number of fused-ring (bicyclic) bond motifs is 2. The average molecular weight is 371 g/mol. The van der Waals surface area contributed by atoms with Gasteiger partial charge in [-0.1, -0.05) is 0 Å². The number of Topliss-reactive ketones (excluding diaryl/α,β-unsaturated/α-hetero) is 2. The van der Waals surface area contributed by atoms with Gasteiger partial charge < -0.3 is 19.9 Å². The summed E-state index contributed by atoms with van der Waals surface area (Å²) in [4.78, 5) is 60.9. The maximum absolute atomic E-state index is 12.7. The quantitative estimate of drug-likeness (QED) is 0.382. The molecule has 3 aliphatic rings. The highest BCUT2D eigenvalue weighted by Gasteiger charge is 2.52. The van der Waals surface area contributed by atoms with E-state index < -0.39 is 35.7 Å². The number of nitrogens with zero attached hydrogens (tertiary/aromatic N) is 4. The Morgan fingerprint density at radius 2 is 2.15 bits per heavy atom. The lowest BCUT2D eigenvalue weighted by atomic mass is 9.93. The van der Waals surface area contributed by atoms with Crippen molar-refractivity contribution >= 4 is 23.4 Å². The molecule has 4 rings (SSSR count). The average Bonchev–Trinajstić information content (AvgIpc) is 3.04. The molecule has 1 aromatic heterocycles. The number of ketones is 2. The fourth-order valence-electron chi connectivity index (χ4n) is 3.48. The molecule has 2 saturated heterocycles. The summed E-state index contributed by atoms with van der Waals surface area (Å²) in [7, 11) is 0.